The molecule has 0 radical (unpaired) electrons. The fraction of sp³-hybridized carbons (Fsp3) is 0.692. The lowest BCUT2D eigenvalue weighted by molar-refractivity contribution is -0.147. The molecule has 180 valence electrons. The van der Waals surface area contributed by atoms with Crippen molar-refractivity contribution in [3.63, 3.8) is 0 Å². The Hall–Kier alpha value is -2.15. The number of amides is 2. The minimum atomic E-state index is -0.340. The van der Waals surface area contributed by atoms with Gasteiger partial charge in [-0.1, -0.05) is 6.07 Å². The molecule has 0 aromatic heterocycles. The largest absolute Gasteiger partial charge is 0.494 e. The standard InChI is InChI=1S/C26H36FN3O3/c1-33-23-3-2-17(11-22(23)27)16-30-6-4-21(5-7-30)29-24(31)15-28-25(32)26-12-18-8-19(13-26)10-20(9-18)14-26/h2-3,11,18-21H,4-10,12-16H2,1H3,(H,28,32)(H,29,31). The van der Waals surface area contributed by atoms with Gasteiger partial charge in [-0.25, -0.2) is 4.39 Å². The van der Waals surface area contributed by atoms with Crippen LogP contribution in [-0.4, -0.2) is 49.5 Å². The van der Waals surface area contributed by atoms with Crippen molar-refractivity contribution >= 4 is 11.8 Å². The summed E-state index contributed by atoms with van der Waals surface area (Å²) in [5, 5.41) is 6.08. The number of nitrogens with one attached hydrogen (secondary N) is 2. The Labute approximate surface area is 195 Å². The molecule has 5 aliphatic rings. The Kier molecular flexibility index (Phi) is 6.34. The Morgan fingerprint density at radius 3 is 2.30 bits per heavy atom. The summed E-state index contributed by atoms with van der Waals surface area (Å²) in [5.41, 5.74) is 0.713. The third-order valence-corrected chi connectivity index (χ3v) is 8.50. The molecular weight excluding hydrogens is 421 g/mol. The molecule has 7 heteroatoms. The first-order valence-corrected chi connectivity index (χ1v) is 12.5. The highest BCUT2D eigenvalue weighted by atomic mass is 19.1. The number of nitrogens with zero attached hydrogens (tertiary/aromatic N) is 1. The normalized spacial score (nSPS) is 31.4. The van der Waals surface area contributed by atoms with E-state index >= 15 is 0 Å². The Morgan fingerprint density at radius 1 is 1.09 bits per heavy atom. The summed E-state index contributed by atoms with van der Waals surface area (Å²) in [7, 11) is 1.46. The summed E-state index contributed by atoms with van der Waals surface area (Å²) in [6.07, 6.45) is 8.67. The molecule has 1 aliphatic heterocycles. The first-order valence-electron chi connectivity index (χ1n) is 12.5. The Balaban J connectivity index is 1.04. The number of benzene rings is 1. The first kappa shape index (κ1) is 22.6. The molecule has 6 rings (SSSR count). The van der Waals surface area contributed by atoms with Gasteiger partial charge in [0.05, 0.1) is 13.7 Å². The summed E-state index contributed by atoms with van der Waals surface area (Å²) in [5.74, 6) is 2.09. The number of carbonyl (C=O) groups is 2. The Bertz CT molecular complexity index is 861. The van der Waals surface area contributed by atoms with Crippen molar-refractivity contribution in [3.8, 4) is 5.75 Å². The van der Waals surface area contributed by atoms with Crippen molar-refractivity contribution in [2.75, 3.05) is 26.7 Å². The van der Waals surface area contributed by atoms with Crippen LogP contribution >= 0.6 is 0 Å². The van der Waals surface area contributed by atoms with E-state index in [1.54, 1.807) is 6.07 Å². The first-order chi connectivity index (χ1) is 15.9. The number of ether oxygens (including phenoxy) is 1. The number of methoxy groups -OCH3 is 1. The minimum Gasteiger partial charge on any atom is -0.494 e. The van der Waals surface area contributed by atoms with Crippen LogP contribution in [0.5, 0.6) is 5.75 Å². The molecule has 6 nitrogen and oxygen atoms in total. The van der Waals surface area contributed by atoms with Crippen LogP contribution in [0.2, 0.25) is 0 Å². The van der Waals surface area contributed by atoms with Gasteiger partial charge in [-0.05, 0) is 86.8 Å². The van der Waals surface area contributed by atoms with E-state index in [-0.39, 0.29) is 41.4 Å². The molecule has 2 amide bonds. The SMILES string of the molecule is COc1ccc(CN2CCC(NC(=O)CNC(=O)C34CC5CC(CC(C5)C3)C4)CC2)cc1F. The zero-order chi connectivity index (χ0) is 23.0. The lowest BCUT2D eigenvalue weighted by atomic mass is 9.49. The van der Waals surface area contributed by atoms with E-state index in [1.807, 2.05) is 6.07 Å². The van der Waals surface area contributed by atoms with Gasteiger partial charge in [-0.2, -0.15) is 0 Å². The van der Waals surface area contributed by atoms with E-state index < -0.39 is 0 Å². The zero-order valence-corrected chi connectivity index (χ0v) is 19.6. The maximum absolute atomic E-state index is 13.9. The van der Waals surface area contributed by atoms with Crippen molar-refractivity contribution in [2.24, 2.45) is 23.2 Å². The lowest BCUT2D eigenvalue weighted by Gasteiger charge is -2.55. The van der Waals surface area contributed by atoms with Crippen LogP contribution in [0.15, 0.2) is 18.2 Å². The summed E-state index contributed by atoms with van der Waals surface area (Å²) in [6, 6.07) is 5.20. The molecule has 1 saturated heterocycles. The van der Waals surface area contributed by atoms with Gasteiger partial charge >= 0.3 is 0 Å². The van der Waals surface area contributed by atoms with Crippen molar-refractivity contribution in [1.29, 1.82) is 0 Å². The van der Waals surface area contributed by atoms with Crippen LogP contribution in [0.4, 0.5) is 4.39 Å². The predicted molar refractivity (Wildman–Crippen MR) is 123 cm³/mol. The number of rotatable bonds is 7. The molecule has 5 fully saturated rings. The molecule has 1 aromatic rings. The fourth-order valence-electron chi connectivity index (χ4n) is 7.32. The third-order valence-electron chi connectivity index (χ3n) is 8.50. The van der Waals surface area contributed by atoms with E-state index in [1.165, 1.54) is 32.4 Å². The van der Waals surface area contributed by atoms with E-state index in [4.69, 9.17) is 4.74 Å². The molecule has 33 heavy (non-hydrogen) atoms. The van der Waals surface area contributed by atoms with Gasteiger partial charge in [0.2, 0.25) is 11.8 Å². The summed E-state index contributed by atoms with van der Waals surface area (Å²) in [6.45, 7) is 2.45. The van der Waals surface area contributed by atoms with E-state index in [9.17, 15) is 14.0 Å². The highest BCUT2D eigenvalue weighted by Gasteiger charge is 2.54. The lowest BCUT2D eigenvalue weighted by Crippen LogP contribution is -2.55. The number of piperidine rings is 1. The highest BCUT2D eigenvalue weighted by Crippen LogP contribution is 2.60. The molecule has 2 N–H and O–H groups in total. The molecule has 4 bridgehead atoms. The summed E-state index contributed by atoms with van der Waals surface area (Å²) < 4.78 is 18.9. The molecule has 0 unspecified atom stereocenters. The van der Waals surface area contributed by atoms with E-state index in [2.05, 4.69) is 15.5 Å². The number of hydrogen-bond acceptors (Lipinski definition) is 4. The average molecular weight is 458 g/mol. The second-order valence-electron chi connectivity index (χ2n) is 11.0. The fourth-order valence-corrected chi connectivity index (χ4v) is 7.32. The molecule has 1 aromatic carbocycles. The second kappa shape index (κ2) is 9.24. The Morgan fingerprint density at radius 2 is 1.73 bits per heavy atom. The highest BCUT2D eigenvalue weighted by molar-refractivity contribution is 5.88. The van der Waals surface area contributed by atoms with Crippen molar-refractivity contribution in [1.82, 2.24) is 15.5 Å². The molecular formula is C26H36FN3O3. The predicted octanol–water partition coefficient (Wildman–Crippen LogP) is 3.25. The summed E-state index contributed by atoms with van der Waals surface area (Å²) >= 11 is 0. The molecule has 1 heterocycles. The van der Waals surface area contributed by atoms with Crippen LogP contribution in [0.3, 0.4) is 0 Å². The molecule has 0 atom stereocenters. The quantitative estimate of drug-likeness (QED) is 0.660. The van der Waals surface area contributed by atoms with Gasteiger partial charge in [-0.3, -0.25) is 14.5 Å². The second-order valence-corrected chi connectivity index (χ2v) is 11.0. The minimum absolute atomic E-state index is 0.0753. The van der Waals surface area contributed by atoms with E-state index in [0.717, 1.165) is 68.5 Å². The number of hydrogen-bond donors (Lipinski definition) is 2. The topological polar surface area (TPSA) is 70.7 Å². The van der Waals surface area contributed by atoms with Gasteiger partial charge in [-0.15, -0.1) is 0 Å². The average Bonchev–Trinajstić information content (AvgIpc) is 2.78. The number of halogens is 1. The number of carbonyl (C=O) groups excluding carboxylic acids is 2. The van der Waals surface area contributed by atoms with Gasteiger partial charge in [0.15, 0.2) is 11.6 Å². The maximum atomic E-state index is 13.9. The van der Waals surface area contributed by atoms with Crippen LogP contribution in [0, 0.1) is 29.0 Å². The van der Waals surface area contributed by atoms with E-state index in [0.29, 0.717) is 6.54 Å². The third kappa shape index (κ3) is 4.88. The van der Waals surface area contributed by atoms with Crippen molar-refractivity contribution in [2.45, 2.75) is 64.0 Å². The van der Waals surface area contributed by atoms with Gasteiger partial charge in [0.1, 0.15) is 0 Å². The molecule has 4 aliphatic carbocycles. The van der Waals surface area contributed by atoms with Crippen LogP contribution < -0.4 is 15.4 Å². The summed E-state index contributed by atoms with van der Waals surface area (Å²) in [4.78, 5) is 27.8. The monoisotopic (exact) mass is 457 g/mol. The maximum Gasteiger partial charge on any atom is 0.239 e. The smallest absolute Gasteiger partial charge is 0.239 e. The van der Waals surface area contributed by atoms with Crippen molar-refractivity contribution < 1.29 is 18.7 Å². The van der Waals surface area contributed by atoms with Gasteiger partial charge in [0.25, 0.3) is 0 Å². The zero-order valence-electron chi connectivity index (χ0n) is 19.6. The number of likely N-dealkylation sites (tertiary alicyclic amines) is 1. The van der Waals surface area contributed by atoms with Crippen molar-refractivity contribution in [3.05, 3.63) is 29.6 Å². The van der Waals surface area contributed by atoms with Crippen LogP contribution in [0.25, 0.3) is 0 Å². The molecule has 0 spiro atoms. The van der Waals surface area contributed by atoms with Crippen LogP contribution in [-0.2, 0) is 16.1 Å². The van der Waals surface area contributed by atoms with Gasteiger partial charge in [0, 0.05) is 31.1 Å². The van der Waals surface area contributed by atoms with Gasteiger partial charge < -0.3 is 15.4 Å². The van der Waals surface area contributed by atoms with Crippen LogP contribution in [0.1, 0.15) is 56.9 Å². The molecule has 4 saturated carbocycles.